The molecule has 18 heavy (non-hydrogen) atoms. The first-order chi connectivity index (χ1) is 8.78. The van der Waals surface area contributed by atoms with E-state index >= 15 is 0 Å². The molecule has 2 N–H and O–H groups in total. The minimum absolute atomic E-state index is 0.251. The molecule has 3 aromatic rings. The molecular formula is C13H12N4O. The van der Waals surface area contributed by atoms with Crippen LogP contribution in [0.15, 0.2) is 35.0 Å². The summed E-state index contributed by atoms with van der Waals surface area (Å²) in [5, 5.41) is 6.15. The normalized spacial score (nSPS) is 11.0. The quantitative estimate of drug-likeness (QED) is 0.741. The summed E-state index contributed by atoms with van der Waals surface area (Å²) in [5.74, 6) is 0.994. The average molecular weight is 240 g/mol. The molecule has 0 bridgehead atoms. The Hall–Kier alpha value is -2.27. The Labute approximate surface area is 104 Å². The van der Waals surface area contributed by atoms with Crippen LogP contribution in [0.3, 0.4) is 0 Å². The zero-order valence-corrected chi connectivity index (χ0v) is 9.92. The van der Waals surface area contributed by atoms with Gasteiger partial charge in [-0.3, -0.25) is 4.98 Å². The van der Waals surface area contributed by atoms with Gasteiger partial charge in [-0.1, -0.05) is 17.3 Å². The van der Waals surface area contributed by atoms with Gasteiger partial charge in [0.05, 0.1) is 6.54 Å². The number of benzene rings is 1. The van der Waals surface area contributed by atoms with Crippen molar-refractivity contribution in [3.63, 3.8) is 0 Å². The van der Waals surface area contributed by atoms with Gasteiger partial charge >= 0.3 is 0 Å². The van der Waals surface area contributed by atoms with Crippen molar-refractivity contribution in [2.24, 2.45) is 5.73 Å². The fourth-order valence-corrected chi connectivity index (χ4v) is 1.91. The van der Waals surface area contributed by atoms with Gasteiger partial charge in [-0.2, -0.15) is 4.98 Å². The Morgan fingerprint density at radius 3 is 2.94 bits per heavy atom. The van der Waals surface area contributed by atoms with Crippen molar-refractivity contribution in [3.05, 3.63) is 42.0 Å². The van der Waals surface area contributed by atoms with Gasteiger partial charge in [-0.25, -0.2) is 0 Å². The van der Waals surface area contributed by atoms with Crippen molar-refractivity contribution < 1.29 is 4.52 Å². The lowest BCUT2D eigenvalue weighted by Gasteiger charge is -2.02. The summed E-state index contributed by atoms with van der Waals surface area (Å²) in [7, 11) is 0. The Morgan fingerprint density at radius 1 is 1.28 bits per heavy atom. The molecule has 0 aliphatic rings. The largest absolute Gasteiger partial charge is 0.338 e. The molecule has 0 radical (unpaired) electrons. The third kappa shape index (κ3) is 1.74. The first kappa shape index (κ1) is 10.9. The summed E-state index contributed by atoms with van der Waals surface area (Å²) < 4.78 is 5.01. The zero-order chi connectivity index (χ0) is 12.5. The van der Waals surface area contributed by atoms with Gasteiger partial charge < -0.3 is 10.3 Å². The molecule has 0 fully saturated rings. The summed E-state index contributed by atoms with van der Waals surface area (Å²) >= 11 is 0. The van der Waals surface area contributed by atoms with Crippen LogP contribution in [0.4, 0.5) is 0 Å². The van der Waals surface area contributed by atoms with Crippen molar-refractivity contribution >= 4 is 10.8 Å². The van der Waals surface area contributed by atoms with Crippen LogP contribution in [0.25, 0.3) is 22.2 Å². The van der Waals surface area contributed by atoms with Gasteiger partial charge in [0, 0.05) is 22.8 Å². The van der Waals surface area contributed by atoms with Gasteiger partial charge in [0.2, 0.25) is 11.7 Å². The number of nitrogens with zero attached hydrogens (tertiary/aromatic N) is 3. The molecule has 0 amide bonds. The SMILES string of the molecule is Cc1nccc2ccc(-c3noc(CN)n3)cc12. The van der Waals surface area contributed by atoms with E-state index in [4.69, 9.17) is 10.3 Å². The number of pyridine rings is 1. The predicted molar refractivity (Wildman–Crippen MR) is 67.7 cm³/mol. The van der Waals surface area contributed by atoms with E-state index in [2.05, 4.69) is 15.1 Å². The van der Waals surface area contributed by atoms with Gasteiger partial charge in [-0.15, -0.1) is 0 Å². The Bertz CT molecular complexity index is 705. The maximum atomic E-state index is 5.45. The highest BCUT2D eigenvalue weighted by Crippen LogP contribution is 2.23. The molecule has 2 heterocycles. The van der Waals surface area contributed by atoms with E-state index in [1.807, 2.05) is 31.2 Å². The van der Waals surface area contributed by atoms with Gasteiger partial charge in [0.15, 0.2) is 0 Å². The molecule has 0 unspecified atom stereocenters. The Morgan fingerprint density at radius 2 is 2.17 bits per heavy atom. The number of aromatic nitrogens is 3. The topological polar surface area (TPSA) is 77.8 Å². The van der Waals surface area contributed by atoms with Crippen LogP contribution < -0.4 is 5.73 Å². The summed E-state index contributed by atoms with van der Waals surface area (Å²) in [6.07, 6.45) is 1.80. The molecule has 3 rings (SSSR count). The second-order valence-electron chi connectivity index (χ2n) is 4.05. The molecule has 0 aliphatic carbocycles. The van der Waals surface area contributed by atoms with E-state index in [1.165, 1.54) is 0 Å². The highest BCUT2D eigenvalue weighted by Gasteiger charge is 2.08. The maximum Gasteiger partial charge on any atom is 0.240 e. The van der Waals surface area contributed by atoms with Crippen molar-refractivity contribution in [2.45, 2.75) is 13.5 Å². The lowest BCUT2D eigenvalue weighted by molar-refractivity contribution is 0.380. The smallest absolute Gasteiger partial charge is 0.240 e. The van der Waals surface area contributed by atoms with E-state index in [1.54, 1.807) is 6.20 Å². The molecule has 0 atom stereocenters. The van der Waals surface area contributed by atoms with Crippen LogP contribution in [0, 0.1) is 6.92 Å². The first-order valence-electron chi connectivity index (χ1n) is 5.66. The molecule has 1 aromatic carbocycles. The second kappa shape index (κ2) is 4.19. The minimum Gasteiger partial charge on any atom is -0.338 e. The van der Waals surface area contributed by atoms with Crippen LogP contribution in [0.5, 0.6) is 0 Å². The molecule has 2 aromatic heterocycles. The van der Waals surface area contributed by atoms with E-state index in [-0.39, 0.29) is 6.54 Å². The lowest BCUT2D eigenvalue weighted by Crippen LogP contribution is -1.95. The van der Waals surface area contributed by atoms with Gasteiger partial charge in [0.1, 0.15) is 0 Å². The maximum absolute atomic E-state index is 5.45. The number of nitrogens with two attached hydrogens (primary N) is 1. The number of fused-ring (bicyclic) bond motifs is 1. The van der Waals surface area contributed by atoms with Gasteiger partial charge in [-0.05, 0) is 24.4 Å². The molecule has 0 aliphatic heterocycles. The highest BCUT2D eigenvalue weighted by molar-refractivity contribution is 5.87. The third-order valence-corrected chi connectivity index (χ3v) is 2.87. The number of hydrogen-bond donors (Lipinski definition) is 1. The fourth-order valence-electron chi connectivity index (χ4n) is 1.91. The zero-order valence-electron chi connectivity index (χ0n) is 9.92. The molecule has 0 spiro atoms. The molecular weight excluding hydrogens is 228 g/mol. The third-order valence-electron chi connectivity index (χ3n) is 2.87. The monoisotopic (exact) mass is 240 g/mol. The molecule has 5 nitrogen and oxygen atoms in total. The lowest BCUT2D eigenvalue weighted by atomic mass is 10.1. The molecule has 90 valence electrons. The fraction of sp³-hybridized carbons (Fsp3) is 0.154. The van der Waals surface area contributed by atoms with Crippen LogP contribution >= 0.6 is 0 Å². The second-order valence-corrected chi connectivity index (χ2v) is 4.05. The molecule has 5 heteroatoms. The number of hydrogen-bond acceptors (Lipinski definition) is 5. The van der Waals surface area contributed by atoms with E-state index in [0.717, 1.165) is 22.0 Å². The standard InChI is InChI=1S/C13H12N4O/c1-8-11-6-10(3-2-9(11)4-5-15-8)13-16-12(7-14)18-17-13/h2-6H,7,14H2,1H3. The summed E-state index contributed by atoms with van der Waals surface area (Å²) in [5.41, 5.74) is 7.34. The van der Waals surface area contributed by atoms with Crippen LogP contribution in [-0.4, -0.2) is 15.1 Å². The first-order valence-corrected chi connectivity index (χ1v) is 5.66. The molecule has 0 saturated heterocycles. The van der Waals surface area contributed by atoms with Gasteiger partial charge in [0.25, 0.3) is 0 Å². The van der Waals surface area contributed by atoms with Crippen LogP contribution in [0.1, 0.15) is 11.6 Å². The van der Waals surface area contributed by atoms with Crippen molar-refractivity contribution in [2.75, 3.05) is 0 Å². The Kier molecular flexibility index (Phi) is 2.53. The van der Waals surface area contributed by atoms with Crippen LogP contribution in [0.2, 0.25) is 0 Å². The van der Waals surface area contributed by atoms with E-state index in [0.29, 0.717) is 11.7 Å². The average Bonchev–Trinajstić information content (AvgIpc) is 2.88. The summed E-state index contributed by atoms with van der Waals surface area (Å²) in [4.78, 5) is 8.49. The van der Waals surface area contributed by atoms with Crippen molar-refractivity contribution in [1.82, 2.24) is 15.1 Å². The van der Waals surface area contributed by atoms with Crippen molar-refractivity contribution in [1.29, 1.82) is 0 Å². The highest BCUT2D eigenvalue weighted by atomic mass is 16.5. The van der Waals surface area contributed by atoms with E-state index in [9.17, 15) is 0 Å². The van der Waals surface area contributed by atoms with Crippen LogP contribution in [-0.2, 0) is 6.54 Å². The summed E-state index contributed by atoms with van der Waals surface area (Å²) in [6.45, 7) is 2.23. The van der Waals surface area contributed by atoms with Crippen molar-refractivity contribution in [3.8, 4) is 11.4 Å². The molecule has 0 saturated carbocycles. The van der Waals surface area contributed by atoms with E-state index < -0.39 is 0 Å². The number of aryl methyl sites for hydroxylation is 1. The minimum atomic E-state index is 0.251. The summed E-state index contributed by atoms with van der Waals surface area (Å²) in [6, 6.07) is 7.99. The number of rotatable bonds is 2. The predicted octanol–water partition coefficient (Wildman–Crippen LogP) is 2.05. The Balaban J connectivity index is 2.15.